The highest BCUT2D eigenvalue weighted by Crippen LogP contribution is 2.45. The zero-order chi connectivity index (χ0) is 31.6. The van der Waals surface area contributed by atoms with E-state index < -0.39 is 0 Å². The van der Waals surface area contributed by atoms with Crippen molar-refractivity contribution in [2.75, 3.05) is 11.9 Å². The predicted octanol–water partition coefficient (Wildman–Crippen LogP) is 10.8. The highest BCUT2D eigenvalue weighted by Gasteiger charge is 2.23. The Morgan fingerprint density at radius 2 is 1.15 bits per heavy atom. The molecule has 6 heteroatoms. The summed E-state index contributed by atoms with van der Waals surface area (Å²) in [5, 5.41) is 7.62. The summed E-state index contributed by atoms with van der Waals surface area (Å²) in [6.45, 7) is 0.773. The Hall–Kier alpha value is -6.53. The first kappa shape index (κ1) is 26.7. The second kappa shape index (κ2) is 10.5. The van der Waals surface area contributed by atoms with Gasteiger partial charge in [-0.15, -0.1) is 0 Å². The minimum absolute atomic E-state index is 0.578. The monoisotopic (exact) mass is 618 g/mol. The molecule has 1 aliphatic rings. The van der Waals surface area contributed by atoms with Crippen LogP contribution >= 0.6 is 0 Å². The quantitative estimate of drug-likeness (QED) is 0.211. The number of hydrogen-bond acceptors (Lipinski definition) is 6. The molecule has 0 unspecified atom stereocenters. The van der Waals surface area contributed by atoms with Crippen LogP contribution in [0.5, 0.6) is 0 Å². The van der Waals surface area contributed by atoms with E-state index in [2.05, 4.69) is 66.0 Å². The van der Waals surface area contributed by atoms with E-state index in [1.165, 1.54) is 0 Å². The van der Waals surface area contributed by atoms with Crippen LogP contribution in [0.2, 0.25) is 0 Å². The molecular weight excluding hydrogens is 592 g/mol. The summed E-state index contributed by atoms with van der Waals surface area (Å²) < 4.78 is 13.3. The summed E-state index contributed by atoms with van der Waals surface area (Å²) in [6.07, 6.45) is 4.26. The molecule has 0 spiro atoms. The van der Waals surface area contributed by atoms with E-state index in [9.17, 15) is 0 Å². The molecule has 0 saturated carbocycles. The Kier molecular flexibility index (Phi) is 5.84. The first-order valence-corrected chi connectivity index (χ1v) is 16.0. The second-order valence-corrected chi connectivity index (χ2v) is 12.0. The zero-order valence-corrected chi connectivity index (χ0v) is 25.6. The summed E-state index contributed by atoms with van der Waals surface area (Å²) >= 11 is 0. The Labute approximate surface area is 275 Å². The minimum atomic E-state index is 0.578. The van der Waals surface area contributed by atoms with Crippen molar-refractivity contribution in [3.63, 3.8) is 0 Å². The highest BCUT2D eigenvalue weighted by molar-refractivity contribution is 6.19. The lowest BCUT2D eigenvalue weighted by atomic mass is 9.96. The first-order chi connectivity index (χ1) is 23.8. The van der Waals surface area contributed by atoms with Crippen molar-refractivity contribution in [2.24, 2.45) is 0 Å². The Balaban J connectivity index is 1.29. The number of nitrogens with zero attached hydrogens (tertiary/aromatic N) is 3. The van der Waals surface area contributed by atoms with Gasteiger partial charge >= 0.3 is 0 Å². The molecule has 48 heavy (non-hydrogen) atoms. The molecule has 0 amide bonds. The van der Waals surface area contributed by atoms with Gasteiger partial charge in [-0.05, 0) is 30.3 Å². The molecule has 6 nitrogen and oxygen atoms in total. The number of rotatable bonds is 4. The van der Waals surface area contributed by atoms with Crippen LogP contribution in [0.25, 0.3) is 95.2 Å². The molecule has 0 bridgehead atoms. The molecule has 3 aromatic heterocycles. The summed E-state index contributed by atoms with van der Waals surface area (Å²) in [7, 11) is 0. The molecule has 10 rings (SSSR count). The van der Waals surface area contributed by atoms with Gasteiger partial charge in [0.25, 0.3) is 0 Å². The van der Waals surface area contributed by atoms with Crippen molar-refractivity contribution in [1.82, 2.24) is 15.0 Å². The third-order valence-corrected chi connectivity index (χ3v) is 9.13. The fourth-order valence-corrected chi connectivity index (χ4v) is 6.87. The Morgan fingerprint density at radius 3 is 1.94 bits per heavy atom. The summed E-state index contributed by atoms with van der Waals surface area (Å²) in [6, 6.07) is 43.1. The van der Waals surface area contributed by atoms with Gasteiger partial charge in [-0.3, -0.25) is 0 Å². The van der Waals surface area contributed by atoms with Gasteiger partial charge in [0.05, 0.1) is 0 Å². The molecule has 0 aliphatic carbocycles. The van der Waals surface area contributed by atoms with Crippen molar-refractivity contribution in [1.29, 1.82) is 0 Å². The molecule has 0 fully saturated rings. The number of hydrogen-bond donors (Lipinski definition) is 1. The van der Waals surface area contributed by atoms with Crippen LogP contribution in [0.15, 0.2) is 142 Å². The van der Waals surface area contributed by atoms with Crippen LogP contribution in [0.3, 0.4) is 0 Å². The van der Waals surface area contributed by atoms with Crippen LogP contribution < -0.4 is 5.32 Å². The van der Waals surface area contributed by atoms with E-state index in [1.807, 2.05) is 78.9 Å². The minimum Gasteiger partial charge on any atom is -0.455 e. The average molecular weight is 619 g/mol. The van der Waals surface area contributed by atoms with Crippen LogP contribution in [0.4, 0.5) is 5.69 Å². The number of fused-ring (bicyclic) bond motifs is 7. The normalized spacial score (nSPS) is 12.6. The van der Waals surface area contributed by atoms with Crippen molar-refractivity contribution in [3.05, 3.63) is 139 Å². The van der Waals surface area contributed by atoms with Crippen molar-refractivity contribution in [3.8, 4) is 45.3 Å². The maximum absolute atomic E-state index is 6.84. The van der Waals surface area contributed by atoms with Gasteiger partial charge in [-0.2, -0.15) is 0 Å². The van der Waals surface area contributed by atoms with Crippen molar-refractivity contribution >= 4 is 55.6 Å². The van der Waals surface area contributed by atoms with Gasteiger partial charge in [0.2, 0.25) is 0 Å². The lowest BCUT2D eigenvalue weighted by molar-refractivity contribution is 0.665. The summed E-state index contributed by atoms with van der Waals surface area (Å²) in [5.74, 6) is 1.80. The van der Waals surface area contributed by atoms with Crippen molar-refractivity contribution in [2.45, 2.75) is 0 Å². The zero-order valence-electron chi connectivity index (χ0n) is 25.6. The number of benzene rings is 6. The third kappa shape index (κ3) is 4.16. The highest BCUT2D eigenvalue weighted by atomic mass is 16.3. The molecule has 0 radical (unpaired) electrons. The lowest BCUT2D eigenvalue weighted by Crippen LogP contribution is -2.03. The van der Waals surface area contributed by atoms with Crippen LogP contribution in [-0.2, 0) is 0 Å². The van der Waals surface area contributed by atoms with E-state index in [0.29, 0.717) is 17.5 Å². The molecule has 226 valence electrons. The Morgan fingerprint density at radius 1 is 0.500 bits per heavy atom. The molecule has 1 aliphatic heterocycles. The van der Waals surface area contributed by atoms with Gasteiger partial charge in [-0.1, -0.05) is 109 Å². The maximum atomic E-state index is 6.84. The van der Waals surface area contributed by atoms with Crippen LogP contribution in [0, 0.1) is 0 Å². The standard InChI is InChI=1S/C42H26N4O2/c1-3-11-25(12-4-1)40-44-41(26-13-5-2-6-14-26)46-42(45-40)32-21-20-31(30-18-9-17-29-28-16-7-8-19-35(28)47-38(29)30)39-37(32)33-24-34-27(15-10-22-43-34)23-36(33)48-39/h1-21,23-24,43H,22H2. The topological polar surface area (TPSA) is 77.0 Å². The van der Waals surface area contributed by atoms with Gasteiger partial charge in [0.1, 0.15) is 22.3 Å². The van der Waals surface area contributed by atoms with E-state index in [-0.39, 0.29) is 0 Å². The number of aromatic nitrogens is 3. The maximum Gasteiger partial charge on any atom is 0.164 e. The Bertz CT molecular complexity index is 2670. The molecular formula is C42H26N4O2. The molecule has 6 aromatic carbocycles. The average Bonchev–Trinajstić information content (AvgIpc) is 3.73. The van der Waals surface area contributed by atoms with Crippen LogP contribution in [-0.4, -0.2) is 21.5 Å². The third-order valence-electron chi connectivity index (χ3n) is 9.13. The van der Waals surface area contributed by atoms with Gasteiger partial charge in [0, 0.05) is 67.2 Å². The predicted molar refractivity (Wildman–Crippen MR) is 194 cm³/mol. The number of furan rings is 2. The summed E-state index contributed by atoms with van der Waals surface area (Å²) in [5.41, 5.74) is 10.0. The van der Waals surface area contributed by atoms with E-state index in [1.54, 1.807) is 0 Å². The molecule has 1 N–H and O–H groups in total. The molecule has 0 saturated heterocycles. The molecule has 0 atom stereocenters. The largest absolute Gasteiger partial charge is 0.455 e. The molecule has 9 aromatic rings. The SMILES string of the molecule is C1=Cc2cc3oc4c(-c5cccc6c5oc5ccccc56)ccc(-c5nc(-c6ccccc6)nc(-c6ccccc6)n5)c4c3cc2NC1. The number of para-hydroxylation sites is 2. The van der Waals surface area contributed by atoms with E-state index in [4.69, 9.17) is 23.8 Å². The number of nitrogens with one attached hydrogen (secondary N) is 1. The van der Waals surface area contributed by atoms with Gasteiger partial charge in [0.15, 0.2) is 17.5 Å². The van der Waals surface area contributed by atoms with Crippen LogP contribution in [0.1, 0.15) is 5.56 Å². The van der Waals surface area contributed by atoms with Crippen molar-refractivity contribution < 1.29 is 8.83 Å². The lowest BCUT2D eigenvalue weighted by Gasteiger charge is -2.13. The number of anilines is 1. The smallest absolute Gasteiger partial charge is 0.164 e. The van der Waals surface area contributed by atoms with Gasteiger partial charge < -0.3 is 14.2 Å². The van der Waals surface area contributed by atoms with Gasteiger partial charge in [-0.25, -0.2) is 15.0 Å². The fraction of sp³-hybridized carbons (Fsp3) is 0.0238. The fourth-order valence-electron chi connectivity index (χ4n) is 6.87. The first-order valence-electron chi connectivity index (χ1n) is 16.0. The molecule has 4 heterocycles. The van der Waals surface area contributed by atoms with E-state index >= 15 is 0 Å². The van der Waals surface area contributed by atoms with E-state index in [0.717, 1.165) is 89.5 Å². The second-order valence-electron chi connectivity index (χ2n) is 12.0. The summed E-state index contributed by atoms with van der Waals surface area (Å²) in [4.78, 5) is 15.1.